The quantitative estimate of drug-likeness (QED) is 0.204. The van der Waals surface area contributed by atoms with Crippen molar-refractivity contribution in [3.8, 4) is 11.5 Å². The van der Waals surface area contributed by atoms with Crippen molar-refractivity contribution in [1.82, 2.24) is 0 Å². The van der Waals surface area contributed by atoms with Crippen molar-refractivity contribution in [1.29, 1.82) is 0 Å². The van der Waals surface area contributed by atoms with E-state index in [-0.39, 0.29) is 47.3 Å². The first-order valence-corrected chi connectivity index (χ1v) is 17.5. The fourth-order valence-corrected chi connectivity index (χ4v) is 5.27. The number of ether oxygens (including phenoxy) is 2. The molecule has 0 aliphatic carbocycles. The van der Waals surface area contributed by atoms with Crippen LogP contribution in [0.1, 0.15) is 72.4 Å². The number of phenols is 2. The highest BCUT2D eigenvalue weighted by atomic mass is 16.5. The van der Waals surface area contributed by atoms with Crippen LogP contribution in [0.25, 0.3) is 12.2 Å². The van der Waals surface area contributed by atoms with Gasteiger partial charge in [0.1, 0.15) is 47.0 Å². The fraction of sp³-hybridized carbons (Fsp3) is 0.400. The highest BCUT2D eigenvalue weighted by Crippen LogP contribution is 2.31. The summed E-state index contributed by atoms with van der Waals surface area (Å²) in [6.45, 7) is 6.84. The third-order valence-corrected chi connectivity index (χ3v) is 9.14. The molecule has 0 unspecified atom stereocenters. The molecule has 8 atom stereocenters. The van der Waals surface area contributed by atoms with Crippen molar-refractivity contribution < 1.29 is 59.3 Å². The number of anilines is 2. The van der Waals surface area contributed by atoms with Crippen LogP contribution in [-0.2, 0) is 19.1 Å². The Kier molecular flexibility index (Phi) is 15.7. The third kappa shape index (κ3) is 11.4. The van der Waals surface area contributed by atoms with E-state index in [1.54, 1.807) is 53.9 Å². The van der Waals surface area contributed by atoms with Gasteiger partial charge in [-0.3, -0.25) is 9.59 Å². The molecular formula is C40H50N2O12. The number of aliphatic hydroxyl groups is 4. The minimum Gasteiger partial charge on any atom is -0.507 e. The number of carbonyl (C=O) groups excluding carboxylic acids is 4. The van der Waals surface area contributed by atoms with E-state index in [0.717, 1.165) is 0 Å². The fourth-order valence-electron chi connectivity index (χ4n) is 5.27. The lowest BCUT2D eigenvalue weighted by Gasteiger charge is -2.20. The lowest BCUT2D eigenvalue weighted by molar-refractivity contribution is -0.128. The van der Waals surface area contributed by atoms with Crippen LogP contribution in [0.3, 0.4) is 0 Å². The van der Waals surface area contributed by atoms with Gasteiger partial charge >= 0.3 is 11.9 Å². The average Bonchev–Trinajstić information content (AvgIpc) is 3.13. The van der Waals surface area contributed by atoms with Crippen molar-refractivity contribution in [2.75, 3.05) is 24.7 Å². The van der Waals surface area contributed by atoms with Crippen LogP contribution in [0.5, 0.6) is 11.5 Å². The number of aliphatic hydroxyl groups excluding tert-OH is 4. The normalized spacial score (nSPS) is 29.2. The van der Waals surface area contributed by atoms with Crippen LogP contribution in [0.2, 0.25) is 0 Å². The summed E-state index contributed by atoms with van der Waals surface area (Å²) >= 11 is 0. The first-order chi connectivity index (χ1) is 25.5. The Morgan fingerprint density at radius 3 is 1.26 bits per heavy atom. The predicted molar refractivity (Wildman–Crippen MR) is 203 cm³/mol. The van der Waals surface area contributed by atoms with Crippen molar-refractivity contribution in [3.05, 3.63) is 83.0 Å². The Labute approximate surface area is 314 Å². The van der Waals surface area contributed by atoms with E-state index >= 15 is 0 Å². The number of benzene rings is 2. The number of carbonyl (C=O) groups is 4. The molecule has 4 rings (SSSR count). The van der Waals surface area contributed by atoms with Crippen LogP contribution in [0, 0.1) is 11.8 Å². The maximum atomic E-state index is 12.6. The number of hydrogen-bond donors (Lipinski definition) is 8. The number of cyclic esters (lactones) is 2. The number of esters is 2. The number of fused-ring (bicyclic) bond motifs is 2. The molecule has 0 fully saturated rings. The molecule has 0 radical (unpaired) electrons. The molecule has 0 saturated heterocycles. The highest BCUT2D eigenvalue weighted by molar-refractivity contribution is 5.99. The van der Waals surface area contributed by atoms with Gasteiger partial charge in [0, 0.05) is 49.4 Å². The van der Waals surface area contributed by atoms with Crippen molar-refractivity contribution >= 4 is 47.0 Å². The van der Waals surface area contributed by atoms with Crippen molar-refractivity contribution in [2.24, 2.45) is 11.8 Å². The zero-order valence-corrected chi connectivity index (χ0v) is 31.1. The monoisotopic (exact) mass is 750 g/mol. The Bertz CT molecular complexity index is 1670. The van der Waals surface area contributed by atoms with Crippen LogP contribution in [0.4, 0.5) is 11.4 Å². The molecule has 2 aromatic carbocycles. The number of phenolic OH excluding ortho intramolecular Hbond substituents is 2. The molecule has 292 valence electrons. The van der Waals surface area contributed by atoms with E-state index in [1.807, 2.05) is 0 Å². The predicted octanol–water partition coefficient (Wildman–Crippen LogP) is 3.76. The maximum absolute atomic E-state index is 12.6. The summed E-state index contributed by atoms with van der Waals surface area (Å²) in [6.07, 6.45) is 4.68. The number of hydrogen-bond acceptors (Lipinski definition) is 14. The summed E-state index contributed by atoms with van der Waals surface area (Å²) in [5.74, 6) is -3.71. The van der Waals surface area contributed by atoms with E-state index in [4.69, 9.17) is 9.47 Å². The van der Waals surface area contributed by atoms with E-state index in [1.165, 1.54) is 60.7 Å². The Morgan fingerprint density at radius 2 is 0.926 bits per heavy atom. The number of aromatic hydroxyl groups is 2. The number of rotatable bonds is 2. The summed E-state index contributed by atoms with van der Waals surface area (Å²) in [4.78, 5) is 49.2. The molecule has 2 aromatic rings. The van der Waals surface area contributed by atoms with Crippen molar-refractivity contribution in [2.45, 2.75) is 77.2 Å². The van der Waals surface area contributed by atoms with E-state index < -0.39 is 60.1 Å². The lowest BCUT2D eigenvalue weighted by atomic mass is 9.99. The minimum atomic E-state index is -1.55. The smallest absolute Gasteiger partial charge is 0.342 e. The van der Waals surface area contributed by atoms with Gasteiger partial charge in [0.15, 0.2) is 11.6 Å². The van der Waals surface area contributed by atoms with E-state index in [9.17, 15) is 49.8 Å². The van der Waals surface area contributed by atoms with Gasteiger partial charge in [0.2, 0.25) is 0 Å². The van der Waals surface area contributed by atoms with Crippen molar-refractivity contribution in [3.63, 3.8) is 0 Å². The molecule has 0 bridgehead atoms. The first kappa shape index (κ1) is 43.1. The highest BCUT2D eigenvalue weighted by Gasteiger charge is 2.27. The second kappa shape index (κ2) is 19.7. The molecule has 0 aromatic heterocycles. The van der Waals surface area contributed by atoms with Gasteiger partial charge in [0.25, 0.3) is 0 Å². The van der Waals surface area contributed by atoms with E-state index in [0.29, 0.717) is 22.5 Å². The first-order valence-electron chi connectivity index (χ1n) is 17.5. The summed E-state index contributed by atoms with van der Waals surface area (Å²) in [6, 6.07) is 6.14. The lowest BCUT2D eigenvalue weighted by Crippen LogP contribution is -2.32. The van der Waals surface area contributed by atoms with Gasteiger partial charge in [0.05, 0.1) is 12.2 Å². The second-order valence-corrected chi connectivity index (χ2v) is 13.2. The summed E-state index contributed by atoms with van der Waals surface area (Å²) in [7, 11) is 3.35. The Morgan fingerprint density at radius 1 is 0.574 bits per heavy atom. The van der Waals surface area contributed by atoms with Gasteiger partial charge in [-0.1, -0.05) is 50.3 Å². The number of nitrogens with one attached hydrogen (secondary N) is 2. The Balaban J connectivity index is 0.000000290. The maximum Gasteiger partial charge on any atom is 0.342 e. The second-order valence-electron chi connectivity index (χ2n) is 13.2. The molecule has 14 heteroatoms. The third-order valence-electron chi connectivity index (χ3n) is 9.14. The van der Waals surface area contributed by atoms with Gasteiger partial charge in [-0.2, -0.15) is 0 Å². The molecular weight excluding hydrogens is 700 g/mol. The molecule has 2 aliphatic rings. The minimum absolute atomic E-state index is 0.00820. The molecule has 54 heavy (non-hydrogen) atoms. The standard InChI is InChI=1S/2C20H25NO6/c2*1-11-7-8-16(23)19(25)15(22)6-4-5-13-9-14(21-3)10-17(24)18(13)20(26)27-12(11)2/h2*4-5,7-12,15,19,21-22,24-25H,6H2,1-3H3/b5-4+,8-7+;5-4+,8-7-/t2*11-,12+,15+,19+/m11/s1. The molecule has 2 aliphatic heterocycles. The van der Waals surface area contributed by atoms with Crippen LogP contribution in [0.15, 0.2) is 60.7 Å². The van der Waals surface area contributed by atoms with Gasteiger partial charge in [-0.25, -0.2) is 9.59 Å². The summed E-state index contributed by atoms with van der Waals surface area (Å²) in [5, 5.41) is 66.3. The topological polar surface area (TPSA) is 232 Å². The summed E-state index contributed by atoms with van der Waals surface area (Å²) in [5.41, 5.74) is 1.98. The molecule has 0 spiro atoms. The van der Waals surface area contributed by atoms with Gasteiger partial charge in [-0.05, 0) is 62.1 Å². The number of ketones is 2. The van der Waals surface area contributed by atoms with Gasteiger partial charge in [-0.15, -0.1) is 0 Å². The largest absolute Gasteiger partial charge is 0.507 e. The zero-order valence-electron chi connectivity index (χ0n) is 31.1. The molecule has 0 amide bonds. The average molecular weight is 751 g/mol. The van der Waals surface area contributed by atoms with Gasteiger partial charge < -0.3 is 50.7 Å². The van der Waals surface area contributed by atoms with Crippen LogP contribution in [-0.4, -0.2) is 105 Å². The molecule has 14 nitrogen and oxygen atoms in total. The Hall–Kier alpha value is -5.28. The molecule has 2 heterocycles. The van der Waals surface area contributed by atoms with Crippen LogP contribution >= 0.6 is 0 Å². The SMILES string of the molecule is CNc1cc(O)c2c(c1)/C=C/C[C@H](O)[C@H](O)C(=O)/C=C/[C@@H](C)[C@H](C)OC2=O.CNc1cc(O)c2c(c1)/C=C/C[C@H](O)[C@H](O)C(=O)/C=C\[C@@H](C)[C@H](C)OC2=O. The zero-order chi connectivity index (χ0) is 40.3. The van der Waals surface area contributed by atoms with Crippen LogP contribution < -0.4 is 10.6 Å². The van der Waals surface area contributed by atoms with E-state index in [2.05, 4.69) is 10.6 Å². The summed E-state index contributed by atoms with van der Waals surface area (Å²) < 4.78 is 10.9. The molecule has 0 saturated carbocycles. The molecule has 8 N–H and O–H groups in total.